The van der Waals surface area contributed by atoms with E-state index < -0.39 is 0 Å². The maximum Gasteiger partial charge on any atom is 0.193 e. The van der Waals surface area contributed by atoms with Crippen LogP contribution in [0.25, 0.3) is 16.6 Å². The molecule has 0 aliphatic rings. The molecule has 2 rings (SSSR count). The number of terminal acetylenes is 1. The van der Waals surface area contributed by atoms with Gasteiger partial charge < -0.3 is 5.32 Å². The van der Waals surface area contributed by atoms with Crippen molar-refractivity contribution >= 4 is 28.2 Å². The fraction of sp³-hybridized carbons (Fsp3) is 0.222. The van der Waals surface area contributed by atoms with Gasteiger partial charge in [0.2, 0.25) is 0 Å². The Morgan fingerprint density at radius 3 is 2.53 bits per heavy atom. The number of nitrogens with zero attached hydrogens (tertiary/aromatic N) is 2. The van der Waals surface area contributed by atoms with Crippen LogP contribution in [0.4, 0.5) is 5.82 Å². The minimum atomic E-state index is -0.182. The van der Waals surface area contributed by atoms with Crippen molar-refractivity contribution in [3.05, 3.63) is 89.6 Å². The van der Waals surface area contributed by atoms with Crippen molar-refractivity contribution in [2.45, 2.75) is 40.5 Å². The van der Waals surface area contributed by atoms with Gasteiger partial charge in [0.05, 0.1) is 10.9 Å². The predicted octanol–water partition coefficient (Wildman–Crippen LogP) is 6.12. The minimum Gasteiger partial charge on any atom is -0.341 e. The number of hydrogen-bond donors (Lipinski definition) is 1. The Morgan fingerprint density at radius 1 is 1.31 bits per heavy atom. The summed E-state index contributed by atoms with van der Waals surface area (Å²) in [6.45, 7) is 14.9. The summed E-state index contributed by atoms with van der Waals surface area (Å²) in [7, 11) is 0. The highest BCUT2D eigenvalue weighted by Crippen LogP contribution is 2.24. The van der Waals surface area contributed by atoms with Crippen LogP contribution in [0.15, 0.2) is 78.4 Å². The Morgan fingerprint density at radius 2 is 2.00 bits per heavy atom. The zero-order chi connectivity index (χ0) is 24.1. The molecule has 1 N–H and O–H groups in total. The molecule has 2 heterocycles. The van der Waals surface area contributed by atoms with Crippen molar-refractivity contribution < 1.29 is 4.79 Å². The SMILES string of the molecule is C#CC.C=C/C=C(\C=C)Nc1cc(=O)c2cnc(C(=O)CCC)cc2n1C(/C=C\C)=C/C. The number of rotatable bonds is 9. The highest BCUT2D eigenvalue weighted by atomic mass is 16.1. The second-order valence-corrected chi connectivity index (χ2v) is 6.68. The van der Waals surface area contributed by atoms with Crippen LogP contribution in [0.3, 0.4) is 0 Å². The molecule has 2 aromatic rings. The van der Waals surface area contributed by atoms with Crippen LogP contribution in [0.5, 0.6) is 0 Å². The number of Topliss-reactive ketones (excluding diaryl/α,β-unsaturated/α-hetero) is 1. The van der Waals surface area contributed by atoms with Crippen LogP contribution in [0.2, 0.25) is 0 Å². The second-order valence-electron chi connectivity index (χ2n) is 6.68. The average Bonchev–Trinajstić information content (AvgIpc) is 2.78. The summed E-state index contributed by atoms with van der Waals surface area (Å²) in [5.41, 5.74) is 2.33. The van der Waals surface area contributed by atoms with E-state index in [0.717, 1.165) is 12.1 Å². The van der Waals surface area contributed by atoms with Gasteiger partial charge in [-0.1, -0.05) is 38.3 Å². The molecule has 0 aliphatic heterocycles. The van der Waals surface area contributed by atoms with Gasteiger partial charge in [0.25, 0.3) is 0 Å². The summed E-state index contributed by atoms with van der Waals surface area (Å²) in [5, 5.41) is 3.68. The van der Waals surface area contributed by atoms with Crippen molar-refractivity contribution in [3.63, 3.8) is 0 Å². The van der Waals surface area contributed by atoms with Gasteiger partial charge in [-0.3, -0.25) is 19.1 Å². The normalized spacial score (nSPS) is 11.5. The van der Waals surface area contributed by atoms with Crippen LogP contribution in [0, 0.1) is 12.3 Å². The first-order valence-electron chi connectivity index (χ1n) is 10.4. The van der Waals surface area contributed by atoms with Gasteiger partial charge in [-0.25, -0.2) is 0 Å². The second kappa shape index (κ2) is 13.4. The molecule has 0 bridgehead atoms. The van der Waals surface area contributed by atoms with Crippen LogP contribution < -0.4 is 10.7 Å². The van der Waals surface area contributed by atoms with E-state index in [1.807, 2.05) is 43.6 Å². The molecular formula is C27H31N3O2. The number of hydrogen-bond acceptors (Lipinski definition) is 4. The van der Waals surface area contributed by atoms with E-state index in [0.29, 0.717) is 34.5 Å². The molecule has 0 saturated heterocycles. The molecular weight excluding hydrogens is 398 g/mol. The van der Waals surface area contributed by atoms with E-state index in [1.165, 1.54) is 12.3 Å². The average molecular weight is 430 g/mol. The first-order chi connectivity index (χ1) is 15.4. The van der Waals surface area contributed by atoms with Crippen LogP contribution in [0.1, 0.15) is 51.0 Å². The molecule has 0 atom stereocenters. The maximum absolute atomic E-state index is 12.8. The molecule has 166 valence electrons. The van der Waals surface area contributed by atoms with Crippen molar-refractivity contribution in [1.82, 2.24) is 9.55 Å². The highest BCUT2D eigenvalue weighted by Gasteiger charge is 2.15. The van der Waals surface area contributed by atoms with Crippen LogP contribution >= 0.6 is 0 Å². The summed E-state index contributed by atoms with van der Waals surface area (Å²) in [5.74, 6) is 2.76. The lowest BCUT2D eigenvalue weighted by molar-refractivity contribution is 0.0977. The van der Waals surface area contributed by atoms with E-state index >= 15 is 0 Å². The summed E-state index contributed by atoms with van der Waals surface area (Å²) >= 11 is 0. The van der Waals surface area contributed by atoms with E-state index in [1.54, 1.807) is 31.2 Å². The van der Waals surface area contributed by atoms with Gasteiger partial charge >= 0.3 is 0 Å². The smallest absolute Gasteiger partial charge is 0.193 e. The Bertz CT molecular complexity index is 1170. The lowest BCUT2D eigenvalue weighted by Crippen LogP contribution is -2.15. The molecule has 5 heteroatoms. The number of carbonyl (C=O) groups excluding carboxylic acids is 1. The molecule has 2 aromatic heterocycles. The summed E-state index contributed by atoms with van der Waals surface area (Å²) in [6.07, 6.45) is 18.1. The Kier molecular flexibility index (Phi) is 10.9. The van der Waals surface area contributed by atoms with E-state index in [9.17, 15) is 9.59 Å². The first kappa shape index (κ1) is 26.1. The topological polar surface area (TPSA) is 64.0 Å². The third-order valence-electron chi connectivity index (χ3n) is 4.34. The number of pyridine rings is 2. The molecule has 0 spiro atoms. The van der Waals surface area contributed by atoms with Gasteiger partial charge in [-0.2, -0.15) is 0 Å². The van der Waals surface area contributed by atoms with Gasteiger partial charge in [-0.05, 0) is 51.5 Å². The summed E-state index contributed by atoms with van der Waals surface area (Å²) < 4.78 is 1.90. The number of allylic oxidation sites excluding steroid dienone is 7. The first-order valence-corrected chi connectivity index (χ1v) is 10.4. The van der Waals surface area contributed by atoms with Crippen molar-refractivity contribution in [2.75, 3.05) is 5.32 Å². The van der Waals surface area contributed by atoms with E-state index in [4.69, 9.17) is 0 Å². The molecule has 0 aliphatic carbocycles. The number of nitrogens with one attached hydrogen (secondary N) is 1. The molecule has 0 aromatic carbocycles. The summed E-state index contributed by atoms with van der Waals surface area (Å²) in [4.78, 5) is 29.4. The van der Waals surface area contributed by atoms with Crippen molar-refractivity contribution in [1.29, 1.82) is 0 Å². The van der Waals surface area contributed by atoms with Gasteiger partial charge in [0, 0.05) is 30.1 Å². The van der Waals surface area contributed by atoms with Crippen molar-refractivity contribution in [2.24, 2.45) is 0 Å². The quantitative estimate of drug-likeness (QED) is 0.296. The van der Waals surface area contributed by atoms with Crippen molar-refractivity contribution in [3.8, 4) is 12.3 Å². The number of carbonyl (C=O) groups is 1. The fourth-order valence-corrected chi connectivity index (χ4v) is 3.00. The monoisotopic (exact) mass is 429 g/mol. The molecule has 32 heavy (non-hydrogen) atoms. The lowest BCUT2D eigenvalue weighted by Gasteiger charge is -2.19. The Hall–Kier alpha value is -3.91. The number of ketones is 1. The highest BCUT2D eigenvalue weighted by molar-refractivity contribution is 5.98. The molecule has 0 saturated carbocycles. The number of anilines is 1. The zero-order valence-corrected chi connectivity index (χ0v) is 19.3. The molecule has 0 fully saturated rings. The van der Waals surface area contributed by atoms with E-state index in [-0.39, 0.29) is 11.2 Å². The van der Waals surface area contributed by atoms with E-state index in [2.05, 4.69) is 35.8 Å². The van der Waals surface area contributed by atoms with Gasteiger partial charge in [0.1, 0.15) is 11.5 Å². The predicted molar refractivity (Wildman–Crippen MR) is 137 cm³/mol. The fourth-order valence-electron chi connectivity index (χ4n) is 3.00. The van der Waals surface area contributed by atoms with Crippen LogP contribution in [-0.2, 0) is 0 Å². The number of aromatic nitrogens is 2. The summed E-state index contributed by atoms with van der Waals surface area (Å²) in [6, 6.07) is 3.21. The third-order valence-corrected chi connectivity index (χ3v) is 4.34. The molecule has 0 amide bonds. The zero-order valence-electron chi connectivity index (χ0n) is 19.3. The number of fused-ring (bicyclic) bond motifs is 1. The van der Waals surface area contributed by atoms with Gasteiger partial charge in [-0.15, -0.1) is 12.3 Å². The van der Waals surface area contributed by atoms with Gasteiger partial charge in [0.15, 0.2) is 11.2 Å². The largest absolute Gasteiger partial charge is 0.341 e. The third kappa shape index (κ3) is 6.55. The standard InChI is InChI=1S/C24H27N3O2.C3H4/c1-6-11-17(9-4)26-24-15-23(29)19-16-25-20(22(28)13-8-3)14-21(19)27(24)18(10-5)12-7-2;1-3-2/h6-7,9-12,14-16,26H,1,4,8,13H2,2-3,5H3;1H,2H3/b12-7-,17-11+,18-10+;. The maximum atomic E-state index is 12.8. The Labute approximate surface area is 190 Å². The molecule has 0 unspecified atom stereocenters. The molecule has 0 radical (unpaired) electrons. The molecule has 5 nitrogen and oxygen atoms in total. The van der Waals surface area contributed by atoms with Crippen LogP contribution in [-0.4, -0.2) is 15.3 Å². The lowest BCUT2D eigenvalue weighted by atomic mass is 10.1. The Balaban J connectivity index is 0.00000161. The minimum absolute atomic E-state index is 0.0434.